The predicted octanol–water partition coefficient (Wildman–Crippen LogP) is 5.42. The van der Waals surface area contributed by atoms with E-state index in [0.29, 0.717) is 17.8 Å². The number of hydrogen-bond acceptors (Lipinski definition) is 7. The molecule has 0 bridgehead atoms. The van der Waals surface area contributed by atoms with Crippen LogP contribution < -0.4 is 16.1 Å². The number of benzene rings is 3. The topological polar surface area (TPSA) is 87.1 Å². The molecule has 0 saturated heterocycles. The van der Waals surface area contributed by atoms with E-state index in [9.17, 15) is 0 Å². The highest BCUT2D eigenvalue weighted by Gasteiger charge is 2.08. The van der Waals surface area contributed by atoms with Crippen LogP contribution in [0.4, 0.5) is 29.2 Å². The lowest BCUT2D eigenvalue weighted by molar-refractivity contribution is 1.04. The number of rotatable bonds is 7. The maximum Gasteiger partial charge on any atom is 0.250 e. The van der Waals surface area contributed by atoms with Crippen molar-refractivity contribution in [2.45, 2.75) is 13.8 Å². The molecule has 0 amide bonds. The molecule has 3 aromatic carbocycles. The standard InChI is InChI=1S/C24H23N7/c1-17-13-14-21(18(2)15-17)27-23-28-22(26-20-11-7-4-8-12-20)29-24(30-23)31-25-16-19-9-5-3-6-10-19/h3-16H,1-2H3,(H3,26,27,28,29,30,31)/b25-16-. The fraction of sp³-hybridized carbons (Fsp3) is 0.0833. The summed E-state index contributed by atoms with van der Waals surface area (Å²) in [4.78, 5) is 13.4. The molecular formula is C24H23N7. The van der Waals surface area contributed by atoms with Crippen molar-refractivity contribution >= 4 is 35.4 Å². The summed E-state index contributed by atoms with van der Waals surface area (Å²) in [5, 5.41) is 10.7. The molecule has 4 rings (SSSR count). The van der Waals surface area contributed by atoms with Gasteiger partial charge in [0.25, 0.3) is 0 Å². The van der Waals surface area contributed by atoms with E-state index >= 15 is 0 Å². The van der Waals surface area contributed by atoms with Crippen molar-refractivity contribution in [3.63, 3.8) is 0 Å². The van der Waals surface area contributed by atoms with Crippen molar-refractivity contribution in [2.24, 2.45) is 5.10 Å². The first-order valence-corrected chi connectivity index (χ1v) is 9.92. The van der Waals surface area contributed by atoms with Crippen molar-refractivity contribution in [1.82, 2.24) is 15.0 Å². The minimum absolute atomic E-state index is 0.327. The quantitative estimate of drug-likeness (QED) is 0.279. The summed E-state index contributed by atoms with van der Waals surface area (Å²) in [6.45, 7) is 4.11. The number of aromatic nitrogens is 3. The third kappa shape index (κ3) is 5.63. The first-order valence-electron chi connectivity index (χ1n) is 9.92. The first-order chi connectivity index (χ1) is 15.2. The zero-order valence-corrected chi connectivity index (χ0v) is 17.4. The first kappa shape index (κ1) is 20.0. The molecule has 3 N–H and O–H groups in total. The number of anilines is 5. The van der Waals surface area contributed by atoms with E-state index < -0.39 is 0 Å². The number of hydrogen-bond donors (Lipinski definition) is 3. The van der Waals surface area contributed by atoms with Gasteiger partial charge in [0.2, 0.25) is 17.8 Å². The zero-order valence-electron chi connectivity index (χ0n) is 17.4. The molecule has 0 unspecified atom stereocenters. The van der Waals surface area contributed by atoms with Gasteiger partial charge in [-0.25, -0.2) is 5.43 Å². The van der Waals surface area contributed by atoms with E-state index in [0.717, 1.165) is 22.5 Å². The summed E-state index contributed by atoms with van der Waals surface area (Å²) < 4.78 is 0. The highest BCUT2D eigenvalue weighted by Crippen LogP contribution is 2.22. The highest BCUT2D eigenvalue weighted by atomic mass is 15.4. The van der Waals surface area contributed by atoms with Crippen molar-refractivity contribution in [3.8, 4) is 0 Å². The van der Waals surface area contributed by atoms with Crippen molar-refractivity contribution in [2.75, 3.05) is 16.1 Å². The van der Waals surface area contributed by atoms with Crippen LogP contribution in [0.1, 0.15) is 16.7 Å². The molecular weight excluding hydrogens is 386 g/mol. The SMILES string of the molecule is Cc1ccc(Nc2nc(N/N=C\c3ccccc3)nc(Nc3ccccc3)n2)c(C)c1. The molecule has 7 nitrogen and oxygen atoms in total. The van der Waals surface area contributed by atoms with Gasteiger partial charge in [0.15, 0.2) is 0 Å². The summed E-state index contributed by atoms with van der Waals surface area (Å²) in [5.41, 5.74) is 7.98. The number of nitrogens with one attached hydrogen (secondary N) is 3. The minimum Gasteiger partial charge on any atom is -0.324 e. The fourth-order valence-corrected chi connectivity index (χ4v) is 2.97. The molecule has 0 aliphatic heterocycles. The lowest BCUT2D eigenvalue weighted by Crippen LogP contribution is -2.07. The average molecular weight is 409 g/mol. The van der Waals surface area contributed by atoms with E-state index in [-0.39, 0.29) is 0 Å². The highest BCUT2D eigenvalue weighted by molar-refractivity contribution is 5.79. The Kier molecular flexibility index (Phi) is 6.13. The van der Waals surface area contributed by atoms with Gasteiger partial charge in [0, 0.05) is 11.4 Å². The van der Waals surface area contributed by atoms with Crippen LogP contribution in [0.15, 0.2) is 84.0 Å². The summed E-state index contributed by atoms with van der Waals surface area (Å²) >= 11 is 0. The molecule has 1 heterocycles. The molecule has 0 aliphatic carbocycles. The fourth-order valence-electron chi connectivity index (χ4n) is 2.97. The molecule has 0 radical (unpaired) electrons. The van der Waals surface area contributed by atoms with Crippen LogP contribution in [-0.2, 0) is 0 Å². The number of para-hydroxylation sites is 1. The van der Waals surface area contributed by atoms with Crippen LogP contribution in [0, 0.1) is 13.8 Å². The maximum atomic E-state index is 4.52. The van der Waals surface area contributed by atoms with Gasteiger partial charge in [-0.1, -0.05) is 66.2 Å². The third-order valence-corrected chi connectivity index (χ3v) is 4.47. The van der Waals surface area contributed by atoms with Crippen LogP contribution in [0.2, 0.25) is 0 Å². The summed E-state index contributed by atoms with van der Waals surface area (Å²) in [6, 6.07) is 25.7. The van der Waals surface area contributed by atoms with E-state index in [4.69, 9.17) is 0 Å². The Morgan fingerprint density at radius 1 is 0.710 bits per heavy atom. The predicted molar refractivity (Wildman–Crippen MR) is 126 cm³/mol. The largest absolute Gasteiger partial charge is 0.324 e. The molecule has 1 aromatic heterocycles. The average Bonchev–Trinajstić information content (AvgIpc) is 2.77. The molecule has 0 atom stereocenters. The van der Waals surface area contributed by atoms with Gasteiger partial charge in [-0.2, -0.15) is 20.1 Å². The van der Waals surface area contributed by atoms with Gasteiger partial charge in [-0.3, -0.25) is 0 Å². The third-order valence-electron chi connectivity index (χ3n) is 4.47. The summed E-state index contributed by atoms with van der Waals surface area (Å²) in [5.74, 6) is 1.15. The van der Waals surface area contributed by atoms with Gasteiger partial charge in [0.05, 0.1) is 6.21 Å². The normalized spacial score (nSPS) is 10.8. The zero-order chi connectivity index (χ0) is 21.5. The molecule has 0 saturated carbocycles. The van der Waals surface area contributed by atoms with Crippen molar-refractivity contribution in [1.29, 1.82) is 0 Å². The van der Waals surface area contributed by atoms with E-state index in [2.05, 4.69) is 49.1 Å². The van der Waals surface area contributed by atoms with Gasteiger partial charge < -0.3 is 10.6 Å². The maximum absolute atomic E-state index is 4.52. The monoisotopic (exact) mass is 409 g/mol. The molecule has 4 aromatic rings. The van der Waals surface area contributed by atoms with E-state index in [1.54, 1.807) is 6.21 Å². The number of nitrogens with zero attached hydrogens (tertiary/aromatic N) is 4. The van der Waals surface area contributed by atoms with Crippen molar-refractivity contribution < 1.29 is 0 Å². The summed E-state index contributed by atoms with van der Waals surface area (Å²) in [6.07, 6.45) is 1.71. The Labute approximate surface area is 181 Å². The van der Waals surface area contributed by atoms with Crippen LogP contribution in [0.3, 0.4) is 0 Å². The molecule has 0 fully saturated rings. The molecule has 31 heavy (non-hydrogen) atoms. The smallest absolute Gasteiger partial charge is 0.250 e. The lowest BCUT2D eigenvalue weighted by Gasteiger charge is -2.12. The number of hydrazone groups is 1. The Hall–Kier alpha value is -4.26. The van der Waals surface area contributed by atoms with Crippen molar-refractivity contribution in [3.05, 3.63) is 95.6 Å². The van der Waals surface area contributed by atoms with Gasteiger partial charge in [-0.15, -0.1) is 0 Å². The second kappa shape index (κ2) is 9.49. The van der Waals surface area contributed by atoms with Gasteiger partial charge in [-0.05, 0) is 43.2 Å². The molecule has 0 aliphatic rings. The van der Waals surface area contributed by atoms with Crippen LogP contribution >= 0.6 is 0 Å². The summed E-state index contributed by atoms with van der Waals surface area (Å²) in [7, 11) is 0. The van der Waals surface area contributed by atoms with Gasteiger partial charge in [0.1, 0.15) is 0 Å². The molecule has 154 valence electrons. The lowest BCUT2D eigenvalue weighted by atomic mass is 10.1. The van der Waals surface area contributed by atoms with E-state index in [1.165, 1.54) is 5.56 Å². The molecule has 0 spiro atoms. The van der Waals surface area contributed by atoms with E-state index in [1.807, 2.05) is 79.7 Å². The molecule has 7 heteroatoms. The second-order valence-corrected chi connectivity index (χ2v) is 7.02. The van der Waals surface area contributed by atoms with Crippen LogP contribution in [0.25, 0.3) is 0 Å². The van der Waals surface area contributed by atoms with Gasteiger partial charge >= 0.3 is 0 Å². The van der Waals surface area contributed by atoms with Crippen LogP contribution in [0.5, 0.6) is 0 Å². The van der Waals surface area contributed by atoms with Crippen LogP contribution in [-0.4, -0.2) is 21.2 Å². The number of aryl methyl sites for hydroxylation is 2. The second-order valence-electron chi connectivity index (χ2n) is 7.02. The minimum atomic E-state index is 0.327. The Bertz CT molecular complexity index is 1180. The Morgan fingerprint density at radius 3 is 2.06 bits per heavy atom. The Morgan fingerprint density at radius 2 is 1.35 bits per heavy atom. The Balaban J connectivity index is 1.60.